The number of thioether (sulfide) groups is 1. The minimum atomic E-state index is -0.602. The molecule has 1 rings (SSSR count). The van der Waals surface area contributed by atoms with Gasteiger partial charge in [-0.25, -0.2) is 0 Å². The van der Waals surface area contributed by atoms with Crippen LogP contribution in [0.4, 0.5) is 0 Å². The van der Waals surface area contributed by atoms with Gasteiger partial charge in [-0.15, -0.1) is 11.8 Å². The van der Waals surface area contributed by atoms with E-state index in [-0.39, 0.29) is 17.0 Å². The van der Waals surface area contributed by atoms with E-state index in [4.69, 9.17) is 9.47 Å². The fraction of sp³-hybridized carbons (Fsp3) is 0.786. The number of hydrogen-bond donors (Lipinski definition) is 0. The van der Waals surface area contributed by atoms with Crippen molar-refractivity contribution < 1.29 is 23.9 Å². The van der Waals surface area contributed by atoms with Crippen LogP contribution in [0.1, 0.15) is 39.5 Å². The number of ether oxygens (including phenoxy) is 2. The second-order valence-electron chi connectivity index (χ2n) is 4.58. The molecule has 0 bridgehead atoms. The van der Waals surface area contributed by atoms with Gasteiger partial charge in [0.25, 0.3) is 0 Å². The Hall–Kier alpha value is -1.04. The Morgan fingerprint density at radius 2 is 1.90 bits per heavy atom. The highest BCUT2D eigenvalue weighted by atomic mass is 32.2. The molecule has 0 aromatic rings. The maximum atomic E-state index is 12.0. The molecule has 20 heavy (non-hydrogen) atoms. The van der Waals surface area contributed by atoms with Gasteiger partial charge >= 0.3 is 11.9 Å². The summed E-state index contributed by atoms with van der Waals surface area (Å²) in [6.07, 6.45) is 2.60. The van der Waals surface area contributed by atoms with Crippen molar-refractivity contribution in [1.82, 2.24) is 0 Å². The Morgan fingerprint density at radius 3 is 2.55 bits per heavy atom. The topological polar surface area (TPSA) is 69.7 Å². The predicted molar refractivity (Wildman–Crippen MR) is 76.5 cm³/mol. The molecule has 2 unspecified atom stereocenters. The highest BCUT2D eigenvalue weighted by molar-refractivity contribution is 8.01. The summed E-state index contributed by atoms with van der Waals surface area (Å²) >= 11 is 1.52. The fourth-order valence-corrected chi connectivity index (χ4v) is 3.47. The van der Waals surface area contributed by atoms with E-state index in [0.717, 1.165) is 6.42 Å². The van der Waals surface area contributed by atoms with Crippen LogP contribution in [0.3, 0.4) is 0 Å². The molecule has 1 fully saturated rings. The SMILES string of the molecule is CCOC(=O)CCCCC1SCC(C(=O)OCC)C1=O. The monoisotopic (exact) mass is 302 g/mol. The highest BCUT2D eigenvalue weighted by Crippen LogP contribution is 2.32. The largest absolute Gasteiger partial charge is 0.466 e. The number of carbonyl (C=O) groups excluding carboxylic acids is 3. The first-order chi connectivity index (χ1) is 9.60. The van der Waals surface area contributed by atoms with E-state index in [9.17, 15) is 14.4 Å². The molecule has 0 N–H and O–H groups in total. The summed E-state index contributed by atoms with van der Waals surface area (Å²) in [5.41, 5.74) is 0. The van der Waals surface area contributed by atoms with Crippen molar-refractivity contribution in [3.05, 3.63) is 0 Å². The van der Waals surface area contributed by atoms with Crippen LogP contribution in [0.5, 0.6) is 0 Å². The van der Waals surface area contributed by atoms with Gasteiger partial charge in [-0.1, -0.05) is 6.42 Å². The number of rotatable bonds is 8. The van der Waals surface area contributed by atoms with E-state index in [1.165, 1.54) is 11.8 Å². The fourth-order valence-electron chi connectivity index (χ4n) is 2.09. The summed E-state index contributed by atoms with van der Waals surface area (Å²) in [5.74, 6) is -0.707. The molecule has 0 aliphatic carbocycles. The Bertz CT molecular complexity index is 355. The maximum absolute atomic E-state index is 12.0. The maximum Gasteiger partial charge on any atom is 0.317 e. The zero-order valence-corrected chi connectivity index (χ0v) is 12.9. The van der Waals surface area contributed by atoms with Gasteiger partial charge in [-0.05, 0) is 26.7 Å². The van der Waals surface area contributed by atoms with Crippen LogP contribution < -0.4 is 0 Å². The van der Waals surface area contributed by atoms with Crippen molar-refractivity contribution in [1.29, 1.82) is 0 Å². The number of ketones is 1. The number of carbonyl (C=O) groups is 3. The highest BCUT2D eigenvalue weighted by Gasteiger charge is 2.39. The Balaban J connectivity index is 2.24. The van der Waals surface area contributed by atoms with Crippen LogP contribution in [0, 0.1) is 5.92 Å². The molecule has 1 heterocycles. The van der Waals surface area contributed by atoms with E-state index in [1.807, 2.05) is 0 Å². The van der Waals surface area contributed by atoms with Crippen molar-refractivity contribution >= 4 is 29.5 Å². The van der Waals surface area contributed by atoms with Gasteiger partial charge in [-0.3, -0.25) is 14.4 Å². The van der Waals surface area contributed by atoms with Crippen LogP contribution in [0.15, 0.2) is 0 Å². The smallest absolute Gasteiger partial charge is 0.317 e. The zero-order chi connectivity index (χ0) is 15.0. The minimum absolute atomic E-state index is 0.0235. The van der Waals surface area contributed by atoms with Gasteiger partial charge in [0.2, 0.25) is 0 Å². The third-order valence-electron chi connectivity index (χ3n) is 3.10. The molecule has 0 spiro atoms. The number of hydrogen-bond acceptors (Lipinski definition) is 6. The number of esters is 2. The van der Waals surface area contributed by atoms with E-state index < -0.39 is 11.9 Å². The number of unbranched alkanes of at least 4 members (excludes halogenated alkanes) is 1. The first-order valence-corrected chi connectivity index (χ1v) is 8.12. The molecular formula is C14H22O5S. The standard InChI is InChI=1S/C14H22O5S/c1-3-18-12(15)8-6-5-7-11-13(16)10(9-20-11)14(17)19-4-2/h10-11H,3-9H2,1-2H3. The molecule has 1 aliphatic heterocycles. The van der Waals surface area contributed by atoms with E-state index in [2.05, 4.69) is 0 Å². The molecule has 114 valence electrons. The molecule has 0 saturated carbocycles. The lowest BCUT2D eigenvalue weighted by Gasteiger charge is -2.09. The van der Waals surface area contributed by atoms with E-state index in [1.54, 1.807) is 13.8 Å². The molecule has 6 heteroatoms. The van der Waals surface area contributed by atoms with Crippen molar-refractivity contribution in [3.63, 3.8) is 0 Å². The first kappa shape index (κ1) is 17.0. The van der Waals surface area contributed by atoms with Crippen molar-refractivity contribution in [2.45, 2.75) is 44.8 Å². The van der Waals surface area contributed by atoms with Gasteiger partial charge in [-0.2, -0.15) is 0 Å². The van der Waals surface area contributed by atoms with Crippen LogP contribution in [0.25, 0.3) is 0 Å². The first-order valence-electron chi connectivity index (χ1n) is 7.07. The summed E-state index contributed by atoms with van der Waals surface area (Å²) in [7, 11) is 0. The quantitative estimate of drug-likeness (QED) is 0.388. The molecule has 2 atom stereocenters. The molecule has 0 aromatic carbocycles. The van der Waals surface area contributed by atoms with E-state index in [0.29, 0.717) is 38.2 Å². The average molecular weight is 302 g/mol. The van der Waals surface area contributed by atoms with Gasteiger partial charge in [0.05, 0.1) is 18.5 Å². The van der Waals surface area contributed by atoms with Gasteiger partial charge < -0.3 is 9.47 Å². The third-order valence-corrected chi connectivity index (χ3v) is 4.49. The van der Waals surface area contributed by atoms with Crippen LogP contribution in [-0.4, -0.2) is 41.9 Å². The second-order valence-corrected chi connectivity index (χ2v) is 5.82. The summed E-state index contributed by atoms with van der Waals surface area (Å²) in [6, 6.07) is 0. The lowest BCUT2D eigenvalue weighted by Crippen LogP contribution is -2.27. The Kier molecular flexibility index (Phi) is 7.65. The van der Waals surface area contributed by atoms with Gasteiger partial charge in [0, 0.05) is 12.2 Å². The summed E-state index contributed by atoms with van der Waals surface area (Å²) in [4.78, 5) is 34.8. The second kappa shape index (κ2) is 9.00. The summed E-state index contributed by atoms with van der Waals surface area (Å²) in [5, 5.41) is -0.133. The van der Waals surface area contributed by atoms with Crippen LogP contribution >= 0.6 is 11.8 Å². The Labute approximate surface area is 123 Å². The molecular weight excluding hydrogens is 280 g/mol. The molecule has 0 radical (unpaired) electrons. The number of Topliss-reactive ketones (excluding diaryl/α,β-unsaturated/α-hetero) is 1. The lowest BCUT2D eigenvalue weighted by atomic mass is 10.0. The normalized spacial score (nSPS) is 21.8. The average Bonchev–Trinajstić information content (AvgIpc) is 2.77. The molecule has 1 saturated heterocycles. The van der Waals surface area contributed by atoms with Crippen LogP contribution in [-0.2, 0) is 23.9 Å². The minimum Gasteiger partial charge on any atom is -0.466 e. The van der Waals surface area contributed by atoms with Gasteiger partial charge in [0.1, 0.15) is 5.92 Å². The van der Waals surface area contributed by atoms with Crippen molar-refractivity contribution in [2.75, 3.05) is 19.0 Å². The molecule has 0 amide bonds. The van der Waals surface area contributed by atoms with E-state index >= 15 is 0 Å². The van der Waals surface area contributed by atoms with Crippen molar-refractivity contribution in [2.24, 2.45) is 5.92 Å². The molecule has 0 aromatic heterocycles. The van der Waals surface area contributed by atoms with Crippen molar-refractivity contribution in [3.8, 4) is 0 Å². The van der Waals surface area contributed by atoms with Crippen LogP contribution in [0.2, 0.25) is 0 Å². The van der Waals surface area contributed by atoms with Gasteiger partial charge in [0.15, 0.2) is 5.78 Å². The summed E-state index contributed by atoms with van der Waals surface area (Å²) in [6.45, 7) is 4.22. The summed E-state index contributed by atoms with van der Waals surface area (Å²) < 4.78 is 9.73. The molecule has 5 nitrogen and oxygen atoms in total. The predicted octanol–water partition coefficient (Wildman–Crippen LogP) is 1.97. The lowest BCUT2D eigenvalue weighted by molar-refractivity contribution is -0.150. The molecule has 1 aliphatic rings. The Morgan fingerprint density at radius 1 is 1.20 bits per heavy atom. The zero-order valence-electron chi connectivity index (χ0n) is 12.1. The third kappa shape index (κ3) is 5.15.